The Morgan fingerprint density at radius 2 is 1.96 bits per heavy atom. The third-order valence-electron chi connectivity index (χ3n) is 3.18. The van der Waals surface area contributed by atoms with Crippen molar-refractivity contribution in [2.75, 3.05) is 24.9 Å². The van der Waals surface area contributed by atoms with Crippen LogP contribution in [0.3, 0.4) is 0 Å². The minimum atomic E-state index is -4.08. The quantitative estimate of drug-likeness (QED) is 0.757. The Bertz CT molecular complexity index is 848. The molecule has 0 spiro atoms. The van der Waals surface area contributed by atoms with E-state index in [0.717, 1.165) is 27.4 Å². The van der Waals surface area contributed by atoms with E-state index >= 15 is 0 Å². The van der Waals surface area contributed by atoms with Gasteiger partial charge in [-0.3, -0.25) is 4.31 Å². The van der Waals surface area contributed by atoms with Crippen molar-refractivity contribution in [2.45, 2.75) is 5.16 Å². The van der Waals surface area contributed by atoms with Crippen molar-refractivity contribution in [1.29, 1.82) is 0 Å². The van der Waals surface area contributed by atoms with Crippen LogP contribution in [-0.2, 0) is 10.0 Å². The first-order valence-corrected chi connectivity index (χ1v) is 8.24. The number of sulfonamides is 1. The second-order valence-electron chi connectivity index (χ2n) is 4.87. The van der Waals surface area contributed by atoms with Gasteiger partial charge in [0.2, 0.25) is 0 Å². The molecule has 0 N–H and O–H groups in total. The molecule has 0 aliphatic carbocycles. The van der Waals surface area contributed by atoms with Crippen LogP contribution in [0.4, 0.5) is 14.9 Å². The molecule has 0 radical (unpaired) electrons. The average molecular weight is 353 g/mol. The molecule has 0 saturated carbocycles. The van der Waals surface area contributed by atoms with Gasteiger partial charge in [-0.25, -0.2) is 14.2 Å². The predicted octanol–water partition coefficient (Wildman–Crippen LogP) is 1.33. The number of hydrogen-bond donors (Lipinski definition) is 0. The van der Waals surface area contributed by atoms with Crippen LogP contribution in [0.2, 0.25) is 0 Å². The first-order chi connectivity index (χ1) is 11.3. The molecule has 1 amide bonds. The van der Waals surface area contributed by atoms with Crippen molar-refractivity contribution >= 4 is 21.7 Å². The lowest BCUT2D eigenvalue weighted by Crippen LogP contribution is -2.32. The summed E-state index contributed by atoms with van der Waals surface area (Å²) < 4.78 is 39.7. The second kappa shape index (κ2) is 6.79. The summed E-state index contributed by atoms with van der Waals surface area (Å²) in [4.78, 5) is 17.0. The number of carbonyl (C=O) groups is 1. The molecular weight excluding hydrogens is 337 g/mol. The van der Waals surface area contributed by atoms with Crippen LogP contribution < -0.4 is 4.31 Å². The van der Waals surface area contributed by atoms with Crippen molar-refractivity contribution in [3.8, 4) is 0 Å². The van der Waals surface area contributed by atoms with Gasteiger partial charge < -0.3 is 4.90 Å². The first-order valence-electron chi connectivity index (χ1n) is 6.80. The van der Waals surface area contributed by atoms with Crippen molar-refractivity contribution < 1.29 is 17.6 Å². The molecular formula is C14H16FN5O3S. The van der Waals surface area contributed by atoms with Gasteiger partial charge >= 0.3 is 16.1 Å². The van der Waals surface area contributed by atoms with Gasteiger partial charge in [0.05, 0.1) is 5.69 Å². The molecule has 10 heteroatoms. The fourth-order valence-electron chi connectivity index (χ4n) is 1.82. The summed E-state index contributed by atoms with van der Waals surface area (Å²) in [5.41, 5.74) is 0.239. The van der Waals surface area contributed by atoms with Crippen LogP contribution in [0.25, 0.3) is 0 Å². The molecule has 0 aliphatic rings. The van der Waals surface area contributed by atoms with Crippen LogP contribution in [0.1, 0.15) is 0 Å². The van der Waals surface area contributed by atoms with E-state index in [1.54, 1.807) is 0 Å². The monoisotopic (exact) mass is 353 g/mol. The van der Waals surface area contributed by atoms with Crippen molar-refractivity contribution in [3.05, 3.63) is 49.1 Å². The summed E-state index contributed by atoms with van der Waals surface area (Å²) in [6.45, 7) is 3.79. The van der Waals surface area contributed by atoms with Gasteiger partial charge in [0.15, 0.2) is 0 Å². The molecule has 8 nitrogen and oxygen atoms in total. The van der Waals surface area contributed by atoms with Crippen molar-refractivity contribution in [1.82, 2.24) is 19.7 Å². The van der Waals surface area contributed by atoms with Crippen LogP contribution in [0.15, 0.2) is 48.4 Å². The maximum absolute atomic E-state index is 13.0. The standard InChI is InChI=1S/C14H16FN5O3S/c1-4-9-18(2)14(21)20-10-16-13(17-20)24(22,23)19(3)12-7-5-11(15)6-8-12/h4-8,10H,1,9H2,2-3H3. The number of likely N-dealkylation sites (N-methyl/N-ethyl adjacent to an activating group) is 1. The fourth-order valence-corrected chi connectivity index (χ4v) is 2.83. The molecule has 1 aromatic carbocycles. The van der Waals surface area contributed by atoms with Gasteiger partial charge in [0.1, 0.15) is 12.1 Å². The zero-order valence-corrected chi connectivity index (χ0v) is 13.9. The molecule has 0 saturated heterocycles. The molecule has 24 heavy (non-hydrogen) atoms. The van der Waals surface area contributed by atoms with E-state index in [4.69, 9.17) is 0 Å². The highest BCUT2D eigenvalue weighted by molar-refractivity contribution is 7.92. The number of amides is 1. The number of anilines is 1. The van der Waals surface area contributed by atoms with Crippen molar-refractivity contribution in [2.24, 2.45) is 0 Å². The second-order valence-corrected chi connectivity index (χ2v) is 6.74. The molecule has 2 aromatic rings. The Labute approximate surface area is 138 Å². The van der Waals surface area contributed by atoms with Gasteiger partial charge in [-0.1, -0.05) is 6.08 Å². The van der Waals surface area contributed by atoms with E-state index in [-0.39, 0.29) is 12.2 Å². The fraction of sp³-hybridized carbons (Fsp3) is 0.214. The lowest BCUT2D eigenvalue weighted by molar-refractivity contribution is 0.211. The van der Waals surface area contributed by atoms with Crippen LogP contribution in [-0.4, -0.2) is 54.8 Å². The molecule has 1 aromatic heterocycles. The number of carbonyl (C=O) groups excluding carboxylic acids is 1. The minimum Gasteiger partial charge on any atom is -0.322 e. The Hall–Kier alpha value is -2.75. The molecule has 2 rings (SSSR count). The third-order valence-corrected chi connectivity index (χ3v) is 4.76. The SMILES string of the molecule is C=CCN(C)C(=O)n1cnc(S(=O)(=O)N(C)c2ccc(F)cc2)n1. The topological polar surface area (TPSA) is 88.4 Å². The molecule has 0 unspecified atom stereocenters. The van der Waals surface area contributed by atoms with E-state index in [9.17, 15) is 17.6 Å². The number of rotatable bonds is 5. The summed E-state index contributed by atoms with van der Waals surface area (Å²) in [5, 5.41) is 3.19. The highest BCUT2D eigenvalue weighted by Gasteiger charge is 2.27. The Balaban J connectivity index is 2.28. The molecule has 0 fully saturated rings. The van der Waals surface area contributed by atoms with Gasteiger partial charge in [-0.05, 0) is 24.3 Å². The Kier molecular flexibility index (Phi) is 4.98. The number of hydrogen-bond acceptors (Lipinski definition) is 5. The summed E-state index contributed by atoms with van der Waals surface area (Å²) in [7, 11) is -1.27. The zero-order valence-electron chi connectivity index (χ0n) is 13.1. The van der Waals surface area contributed by atoms with E-state index in [0.29, 0.717) is 0 Å². The molecule has 128 valence electrons. The minimum absolute atomic E-state index is 0.239. The van der Waals surface area contributed by atoms with E-state index in [1.807, 2.05) is 0 Å². The Morgan fingerprint density at radius 1 is 1.33 bits per heavy atom. The first kappa shape index (κ1) is 17.6. The highest BCUT2D eigenvalue weighted by atomic mass is 32.2. The van der Waals surface area contributed by atoms with E-state index in [1.165, 1.54) is 37.2 Å². The summed E-state index contributed by atoms with van der Waals surface area (Å²) in [6, 6.07) is 4.36. The van der Waals surface area contributed by atoms with Gasteiger partial charge in [-0.2, -0.15) is 13.1 Å². The maximum Gasteiger partial charge on any atom is 0.346 e. The average Bonchev–Trinajstić information content (AvgIpc) is 3.05. The summed E-state index contributed by atoms with van der Waals surface area (Å²) in [5.74, 6) is -0.484. The Morgan fingerprint density at radius 3 is 2.54 bits per heavy atom. The number of benzene rings is 1. The third kappa shape index (κ3) is 3.43. The number of aromatic nitrogens is 3. The summed E-state index contributed by atoms with van der Waals surface area (Å²) >= 11 is 0. The lowest BCUT2D eigenvalue weighted by Gasteiger charge is -2.17. The van der Waals surface area contributed by atoms with E-state index < -0.39 is 27.0 Å². The predicted molar refractivity (Wildman–Crippen MR) is 85.6 cm³/mol. The maximum atomic E-state index is 13.0. The van der Waals surface area contributed by atoms with Gasteiger partial charge in [0.25, 0.3) is 5.16 Å². The van der Waals surface area contributed by atoms with Gasteiger partial charge in [0, 0.05) is 20.6 Å². The highest BCUT2D eigenvalue weighted by Crippen LogP contribution is 2.19. The van der Waals surface area contributed by atoms with Crippen molar-refractivity contribution in [3.63, 3.8) is 0 Å². The normalized spacial score (nSPS) is 11.1. The molecule has 1 heterocycles. The number of nitrogens with zero attached hydrogens (tertiary/aromatic N) is 5. The lowest BCUT2D eigenvalue weighted by atomic mass is 10.3. The number of halogens is 1. The van der Waals surface area contributed by atoms with Crippen LogP contribution in [0, 0.1) is 5.82 Å². The molecule has 0 bridgehead atoms. The van der Waals surface area contributed by atoms with Crippen LogP contribution in [0.5, 0.6) is 0 Å². The smallest absolute Gasteiger partial charge is 0.322 e. The van der Waals surface area contributed by atoms with E-state index in [2.05, 4.69) is 16.7 Å². The summed E-state index contributed by atoms with van der Waals surface area (Å²) in [6.07, 6.45) is 2.54. The zero-order chi connectivity index (χ0) is 17.9. The molecule has 0 atom stereocenters. The van der Waals surface area contributed by atoms with Crippen LogP contribution >= 0.6 is 0 Å². The largest absolute Gasteiger partial charge is 0.346 e. The van der Waals surface area contributed by atoms with Gasteiger partial charge in [-0.15, -0.1) is 11.7 Å². The molecule has 0 aliphatic heterocycles.